The third-order valence-corrected chi connectivity index (χ3v) is 6.30. The first-order chi connectivity index (χ1) is 9.72. The minimum absolute atomic E-state index is 0.149. The highest BCUT2D eigenvalue weighted by molar-refractivity contribution is 7.81. The first-order valence-corrected chi connectivity index (χ1v) is 9.27. The summed E-state index contributed by atoms with van der Waals surface area (Å²) < 4.78 is 0. The average molecular weight is 300 g/mol. The highest BCUT2D eigenvalue weighted by Gasteiger charge is 2.32. The lowest BCUT2D eigenvalue weighted by molar-refractivity contribution is 0.0880. The molecule has 2 rings (SSSR count). The normalized spacial score (nSPS) is 27.1. The quantitative estimate of drug-likeness (QED) is 0.652. The lowest BCUT2D eigenvalue weighted by Crippen LogP contribution is -2.46. The molecule has 2 fully saturated rings. The Morgan fingerprint density at radius 1 is 1.00 bits per heavy atom. The maximum absolute atomic E-state index is 10.7. The number of nitrogens with one attached hydrogen (secondary N) is 1. The van der Waals surface area contributed by atoms with Crippen molar-refractivity contribution in [3.8, 4) is 0 Å². The zero-order valence-electron chi connectivity index (χ0n) is 13.1. The Morgan fingerprint density at radius 2 is 1.55 bits per heavy atom. The van der Waals surface area contributed by atoms with Crippen LogP contribution < -0.4 is 5.32 Å². The van der Waals surface area contributed by atoms with E-state index in [2.05, 4.69) is 5.32 Å². The number of likely N-dealkylation sites (N-methyl/N-ethyl adjacent to an activating group) is 1. The molecule has 0 bridgehead atoms. The van der Waals surface area contributed by atoms with E-state index in [1.807, 2.05) is 7.05 Å². The number of aliphatic hydroxyl groups is 1. The zero-order chi connectivity index (χ0) is 14.4. The van der Waals surface area contributed by atoms with Gasteiger partial charge in [-0.1, -0.05) is 51.4 Å². The highest BCUT2D eigenvalue weighted by atomic mass is 32.1. The van der Waals surface area contributed by atoms with Crippen molar-refractivity contribution in [3.63, 3.8) is 0 Å². The van der Waals surface area contributed by atoms with Crippen LogP contribution in [-0.4, -0.2) is 29.5 Å². The van der Waals surface area contributed by atoms with Crippen LogP contribution in [0.3, 0.4) is 0 Å². The summed E-state index contributed by atoms with van der Waals surface area (Å²) in [4.78, 5) is 0. The van der Waals surface area contributed by atoms with Crippen LogP contribution in [0.2, 0.25) is 0 Å². The molecule has 2 saturated carbocycles. The van der Waals surface area contributed by atoms with E-state index in [0.29, 0.717) is 5.92 Å². The zero-order valence-corrected chi connectivity index (χ0v) is 14.0. The number of hydrogen-bond donors (Lipinski definition) is 3. The Labute approximate surface area is 130 Å². The van der Waals surface area contributed by atoms with Gasteiger partial charge in [0.25, 0.3) is 0 Å². The molecule has 0 amide bonds. The third kappa shape index (κ3) is 4.64. The molecule has 3 unspecified atom stereocenters. The summed E-state index contributed by atoms with van der Waals surface area (Å²) in [7, 11) is 2.00. The molecule has 0 aromatic heterocycles. The largest absolute Gasteiger partial charge is 0.390 e. The monoisotopic (exact) mass is 299 g/mol. The van der Waals surface area contributed by atoms with Crippen molar-refractivity contribution in [2.45, 2.75) is 88.0 Å². The van der Waals surface area contributed by atoms with Gasteiger partial charge < -0.3 is 10.4 Å². The first kappa shape index (κ1) is 16.6. The van der Waals surface area contributed by atoms with Crippen LogP contribution in [0.1, 0.15) is 70.6 Å². The summed E-state index contributed by atoms with van der Waals surface area (Å²) in [5.41, 5.74) is 0. The fraction of sp³-hybridized carbons (Fsp3) is 1.00. The molecule has 20 heavy (non-hydrogen) atoms. The number of hydrogen-bond acceptors (Lipinski definition) is 3. The molecule has 118 valence electrons. The van der Waals surface area contributed by atoms with E-state index in [-0.39, 0.29) is 17.4 Å². The standard InChI is InChI=1S/C17H33NOS/c1-18-15(12-13-8-4-2-5-9-13)16(19)17(20)14-10-6-3-7-11-14/h13-20H,2-12H2,1H3. The summed E-state index contributed by atoms with van der Waals surface area (Å²) in [6.07, 6.45) is 14.2. The van der Waals surface area contributed by atoms with Crippen LogP contribution >= 0.6 is 12.6 Å². The van der Waals surface area contributed by atoms with Gasteiger partial charge in [0.1, 0.15) is 0 Å². The van der Waals surface area contributed by atoms with E-state index in [0.717, 1.165) is 12.3 Å². The molecule has 2 aliphatic rings. The maximum atomic E-state index is 10.7. The third-order valence-electron chi connectivity index (χ3n) is 5.58. The smallest absolute Gasteiger partial charge is 0.0811 e. The molecule has 0 heterocycles. The molecule has 2 nitrogen and oxygen atoms in total. The summed E-state index contributed by atoms with van der Waals surface area (Å²) in [6, 6.07) is 0.225. The second-order valence-electron chi connectivity index (χ2n) is 7.01. The Balaban J connectivity index is 1.84. The highest BCUT2D eigenvalue weighted by Crippen LogP contribution is 2.33. The lowest BCUT2D eigenvalue weighted by Gasteiger charge is -2.36. The van der Waals surface area contributed by atoms with E-state index in [4.69, 9.17) is 12.6 Å². The van der Waals surface area contributed by atoms with Crippen LogP contribution in [0.25, 0.3) is 0 Å². The summed E-state index contributed by atoms with van der Waals surface area (Å²) in [5, 5.41) is 14.2. The topological polar surface area (TPSA) is 32.3 Å². The maximum Gasteiger partial charge on any atom is 0.0811 e. The molecule has 0 radical (unpaired) electrons. The van der Waals surface area contributed by atoms with Gasteiger partial charge in [-0.15, -0.1) is 0 Å². The van der Waals surface area contributed by atoms with Gasteiger partial charge in [0.2, 0.25) is 0 Å². The van der Waals surface area contributed by atoms with E-state index in [1.165, 1.54) is 64.2 Å². The van der Waals surface area contributed by atoms with Crippen molar-refractivity contribution in [1.82, 2.24) is 5.32 Å². The first-order valence-electron chi connectivity index (χ1n) is 8.75. The van der Waals surface area contributed by atoms with E-state index < -0.39 is 0 Å². The van der Waals surface area contributed by atoms with E-state index >= 15 is 0 Å². The van der Waals surface area contributed by atoms with Gasteiger partial charge in [-0.3, -0.25) is 0 Å². The van der Waals surface area contributed by atoms with Crippen LogP contribution in [0.15, 0.2) is 0 Å². The Morgan fingerprint density at radius 3 is 2.10 bits per heavy atom. The van der Waals surface area contributed by atoms with Crippen LogP contribution in [0, 0.1) is 11.8 Å². The minimum atomic E-state index is -0.298. The fourth-order valence-electron chi connectivity index (χ4n) is 4.20. The summed E-state index contributed by atoms with van der Waals surface area (Å²) >= 11 is 4.79. The molecule has 0 aromatic carbocycles. The van der Waals surface area contributed by atoms with Gasteiger partial charge in [0, 0.05) is 11.3 Å². The second kappa shape index (κ2) is 8.65. The van der Waals surface area contributed by atoms with Gasteiger partial charge in [0.15, 0.2) is 0 Å². The molecule has 0 aromatic rings. The second-order valence-corrected chi connectivity index (χ2v) is 7.61. The molecule has 2 N–H and O–H groups in total. The Hall–Kier alpha value is 0.270. The predicted molar refractivity (Wildman–Crippen MR) is 89.4 cm³/mol. The van der Waals surface area contributed by atoms with Crippen molar-refractivity contribution in [2.24, 2.45) is 11.8 Å². The molecule has 2 aliphatic carbocycles. The molecule has 0 spiro atoms. The number of thiol groups is 1. The molecule has 0 aliphatic heterocycles. The molecule has 3 atom stereocenters. The van der Waals surface area contributed by atoms with Gasteiger partial charge in [-0.05, 0) is 38.1 Å². The van der Waals surface area contributed by atoms with Gasteiger partial charge in [-0.25, -0.2) is 0 Å². The van der Waals surface area contributed by atoms with E-state index in [1.54, 1.807) is 0 Å². The van der Waals surface area contributed by atoms with E-state index in [9.17, 15) is 5.11 Å². The molecule has 3 heteroatoms. The van der Waals surface area contributed by atoms with Crippen molar-refractivity contribution in [2.75, 3.05) is 7.05 Å². The van der Waals surface area contributed by atoms with Gasteiger partial charge in [0.05, 0.1) is 6.10 Å². The average Bonchev–Trinajstić information content (AvgIpc) is 2.53. The predicted octanol–water partition coefficient (Wildman–Crippen LogP) is 3.78. The van der Waals surface area contributed by atoms with Crippen molar-refractivity contribution >= 4 is 12.6 Å². The summed E-state index contributed by atoms with van der Waals surface area (Å²) in [6.45, 7) is 0. The summed E-state index contributed by atoms with van der Waals surface area (Å²) in [5.74, 6) is 1.42. The Kier molecular flexibility index (Phi) is 7.20. The number of aliphatic hydroxyl groups excluding tert-OH is 1. The van der Waals surface area contributed by atoms with Crippen molar-refractivity contribution in [3.05, 3.63) is 0 Å². The fourth-order valence-corrected chi connectivity index (χ4v) is 4.71. The molecular weight excluding hydrogens is 266 g/mol. The van der Waals surface area contributed by atoms with Gasteiger partial charge in [-0.2, -0.15) is 12.6 Å². The van der Waals surface area contributed by atoms with Crippen molar-refractivity contribution < 1.29 is 5.11 Å². The SMILES string of the molecule is CNC(CC1CCCCC1)C(O)C(S)C1CCCCC1. The van der Waals surface area contributed by atoms with Crippen molar-refractivity contribution in [1.29, 1.82) is 0 Å². The minimum Gasteiger partial charge on any atom is -0.390 e. The lowest BCUT2D eigenvalue weighted by atomic mass is 9.80. The Bertz CT molecular complexity index is 262. The molecule has 0 saturated heterocycles. The van der Waals surface area contributed by atoms with Crippen LogP contribution in [0.5, 0.6) is 0 Å². The van der Waals surface area contributed by atoms with Crippen LogP contribution in [0.4, 0.5) is 0 Å². The van der Waals surface area contributed by atoms with Gasteiger partial charge >= 0.3 is 0 Å². The molecular formula is C17H33NOS. The van der Waals surface area contributed by atoms with Crippen LogP contribution in [-0.2, 0) is 0 Å². The number of rotatable bonds is 6.